The van der Waals surface area contributed by atoms with Crippen molar-refractivity contribution in [3.05, 3.63) is 29.8 Å². The molecule has 1 aromatic rings. The highest BCUT2D eigenvalue weighted by Crippen LogP contribution is 2.30. The molecule has 1 N–H and O–H groups in total. The van der Waals surface area contributed by atoms with Crippen molar-refractivity contribution in [2.45, 2.75) is 38.5 Å². The van der Waals surface area contributed by atoms with Gasteiger partial charge in [-0.2, -0.15) is 0 Å². The van der Waals surface area contributed by atoms with Crippen LogP contribution in [0.4, 0.5) is 5.69 Å². The first kappa shape index (κ1) is 14.1. The Balaban J connectivity index is 1.62. The van der Waals surface area contributed by atoms with Crippen LogP contribution in [-0.2, 0) is 4.79 Å². The summed E-state index contributed by atoms with van der Waals surface area (Å²) in [4.78, 5) is 26.1. The van der Waals surface area contributed by atoms with E-state index in [1.807, 2.05) is 29.2 Å². The highest BCUT2D eigenvalue weighted by Gasteiger charge is 2.29. The van der Waals surface area contributed by atoms with E-state index in [0.717, 1.165) is 44.5 Å². The number of carbonyl (C=O) groups excluding carboxylic acids is 2. The van der Waals surface area contributed by atoms with Crippen molar-refractivity contribution < 1.29 is 9.59 Å². The van der Waals surface area contributed by atoms with Crippen LogP contribution in [0.3, 0.4) is 0 Å². The molecule has 21 heavy (non-hydrogen) atoms. The van der Waals surface area contributed by atoms with E-state index in [-0.39, 0.29) is 17.7 Å². The van der Waals surface area contributed by atoms with Crippen molar-refractivity contribution in [1.82, 2.24) is 4.90 Å². The molecule has 0 unspecified atom stereocenters. The summed E-state index contributed by atoms with van der Waals surface area (Å²) >= 11 is 0. The van der Waals surface area contributed by atoms with Gasteiger partial charge in [0.1, 0.15) is 0 Å². The average molecular weight is 286 g/mol. The van der Waals surface area contributed by atoms with E-state index < -0.39 is 0 Å². The number of likely N-dealkylation sites (tertiary alicyclic amines) is 1. The minimum atomic E-state index is 0.0987. The fourth-order valence-corrected chi connectivity index (χ4v) is 2.74. The molecule has 1 aliphatic carbocycles. The number of hydrogen-bond acceptors (Lipinski definition) is 2. The van der Waals surface area contributed by atoms with Crippen LogP contribution >= 0.6 is 0 Å². The third kappa shape index (κ3) is 3.63. The van der Waals surface area contributed by atoms with E-state index in [1.165, 1.54) is 12.8 Å². The summed E-state index contributed by atoms with van der Waals surface area (Å²) in [5.41, 5.74) is 1.49. The van der Waals surface area contributed by atoms with Gasteiger partial charge < -0.3 is 10.2 Å². The molecule has 2 aliphatic rings. The van der Waals surface area contributed by atoms with Crippen molar-refractivity contribution in [3.63, 3.8) is 0 Å². The highest BCUT2D eigenvalue weighted by atomic mass is 16.2. The maximum Gasteiger partial charge on any atom is 0.253 e. The average Bonchev–Trinajstić information content (AvgIpc) is 3.34. The monoisotopic (exact) mass is 286 g/mol. The molecule has 4 heteroatoms. The van der Waals surface area contributed by atoms with E-state index in [2.05, 4.69) is 5.32 Å². The molecule has 3 rings (SSSR count). The fraction of sp³-hybridized carbons (Fsp3) is 0.529. The van der Waals surface area contributed by atoms with Crippen LogP contribution in [0.15, 0.2) is 24.3 Å². The predicted molar refractivity (Wildman–Crippen MR) is 82.2 cm³/mol. The molecule has 0 bridgehead atoms. The molecular weight excluding hydrogens is 264 g/mol. The standard InChI is InChI=1S/C17H22N2O2/c20-16(13-5-6-13)18-15-9-7-14(8-10-15)17(21)19-11-3-1-2-4-12-19/h7-10,13H,1-6,11-12H2,(H,18,20). The van der Waals surface area contributed by atoms with Gasteiger partial charge in [0.25, 0.3) is 5.91 Å². The Labute approximate surface area is 125 Å². The molecule has 1 saturated carbocycles. The third-order valence-corrected chi connectivity index (χ3v) is 4.24. The van der Waals surface area contributed by atoms with Gasteiger partial charge in [0.05, 0.1) is 0 Å². The second kappa shape index (κ2) is 6.29. The molecule has 1 aliphatic heterocycles. The van der Waals surface area contributed by atoms with Gasteiger partial charge in [-0.1, -0.05) is 12.8 Å². The first-order chi connectivity index (χ1) is 10.2. The molecule has 112 valence electrons. The number of rotatable bonds is 3. The Bertz CT molecular complexity index is 512. The van der Waals surface area contributed by atoms with Gasteiger partial charge in [0, 0.05) is 30.3 Å². The Morgan fingerprint density at radius 3 is 2.14 bits per heavy atom. The number of hydrogen-bond donors (Lipinski definition) is 1. The van der Waals surface area contributed by atoms with Gasteiger partial charge >= 0.3 is 0 Å². The van der Waals surface area contributed by atoms with Gasteiger partial charge in [0.2, 0.25) is 5.91 Å². The van der Waals surface area contributed by atoms with Gasteiger partial charge in [-0.05, 0) is 49.9 Å². The first-order valence-corrected chi connectivity index (χ1v) is 7.94. The number of carbonyl (C=O) groups is 2. The van der Waals surface area contributed by atoms with Crippen LogP contribution in [0.25, 0.3) is 0 Å². The zero-order chi connectivity index (χ0) is 14.7. The smallest absolute Gasteiger partial charge is 0.253 e. The van der Waals surface area contributed by atoms with Crippen molar-refractivity contribution in [2.24, 2.45) is 5.92 Å². The van der Waals surface area contributed by atoms with Crippen molar-refractivity contribution in [2.75, 3.05) is 18.4 Å². The number of anilines is 1. The number of benzene rings is 1. The summed E-state index contributed by atoms with van der Waals surface area (Å²) in [7, 11) is 0. The zero-order valence-corrected chi connectivity index (χ0v) is 12.3. The molecule has 0 radical (unpaired) electrons. The van der Waals surface area contributed by atoms with Crippen molar-refractivity contribution >= 4 is 17.5 Å². The molecule has 0 spiro atoms. The first-order valence-electron chi connectivity index (χ1n) is 7.94. The summed E-state index contributed by atoms with van der Waals surface area (Å²) in [5, 5.41) is 2.90. The minimum Gasteiger partial charge on any atom is -0.339 e. The Hall–Kier alpha value is -1.84. The van der Waals surface area contributed by atoms with Gasteiger partial charge in [-0.3, -0.25) is 9.59 Å². The molecule has 0 atom stereocenters. The Morgan fingerprint density at radius 2 is 1.57 bits per heavy atom. The fourth-order valence-electron chi connectivity index (χ4n) is 2.74. The molecule has 1 heterocycles. The predicted octanol–water partition coefficient (Wildman–Crippen LogP) is 3.05. The van der Waals surface area contributed by atoms with Crippen LogP contribution in [0.1, 0.15) is 48.9 Å². The number of amides is 2. The third-order valence-electron chi connectivity index (χ3n) is 4.24. The van der Waals surface area contributed by atoms with E-state index in [4.69, 9.17) is 0 Å². The zero-order valence-electron chi connectivity index (χ0n) is 12.3. The van der Waals surface area contributed by atoms with E-state index in [0.29, 0.717) is 5.56 Å². The van der Waals surface area contributed by atoms with Crippen LogP contribution < -0.4 is 5.32 Å². The molecule has 2 fully saturated rings. The number of nitrogens with zero attached hydrogens (tertiary/aromatic N) is 1. The maximum absolute atomic E-state index is 12.4. The van der Waals surface area contributed by atoms with Gasteiger partial charge in [-0.25, -0.2) is 0 Å². The second-order valence-electron chi connectivity index (χ2n) is 6.05. The lowest BCUT2D eigenvalue weighted by atomic mass is 10.1. The van der Waals surface area contributed by atoms with Crippen molar-refractivity contribution in [3.8, 4) is 0 Å². The lowest BCUT2D eigenvalue weighted by Gasteiger charge is -2.20. The molecule has 4 nitrogen and oxygen atoms in total. The molecule has 0 aromatic heterocycles. The van der Waals surface area contributed by atoms with Crippen LogP contribution in [0.2, 0.25) is 0 Å². The SMILES string of the molecule is O=C(Nc1ccc(C(=O)N2CCCCCC2)cc1)C1CC1. The highest BCUT2D eigenvalue weighted by molar-refractivity contribution is 5.96. The normalized spacial score (nSPS) is 19.0. The lowest BCUT2D eigenvalue weighted by Crippen LogP contribution is -2.31. The lowest BCUT2D eigenvalue weighted by molar-refractivity contribution is -0.117. The summed E-state index contributed by atoms with van der Waals surface area (Å²) in [5.74, 6) is 0.405. The summed E-state index contributed by atoms with van der Waals surface area (Å²) in [6.07, 6.45) is 6.63. The van der Waals surface area contributed by atoms with Crippen LogP contribution in [0, 0.1) is 5.92 Å². The Kier molecular flexibility index (Phi) is 4.23. The van der Waals surface area contributed by atoms with Crippen LogP contribution in [0.5, 0.6) is 0 Å². The quantitative estimate of drug-likeness (QED) is 0.928. The van der Waals surface area contributed by atoms with Crippen molar-refractivity contribution in [1.29, 1.82) is 0 Å². The van der Waals surface area contributed by atoms with E-state index in [1.54, 1.807) is 0 Å². The van der Waals surface area contributed by atoms with Gasteiger partial charge in [-0.15, -0.1) is 0 Å². The molecule has 1 saturated heterocycles. The summed E-state index contributed by atoms with van der Waals surface area (Å²) in [6.45, 7) is 1.72. The topological polar surface area (TPSA) is 49.4 Å². The number of nitrogens with one attached hydrogen (secondary N) is 1. The van der Waals surface area contributed by atoms with Crippen LogP contribution in [-0.4, -0.2) is 29.8 Å². The maximum atomic E-state index is 12.4. The van der Waals surface area contributed by atoms with E-state index in [9.17, 15) is 9.59 Å². The summed E-state index contributed by atoms with van der Waals surface area (Å²) in [6, 6.07) is 7.28. The minimum absolute atomic E-state index is 0.0987. The largest absolute Gasteiger partial charge is 0.339 e. The summed E-state index contributed by atoms with van der Waals surface area (Å²) < 4.78 is 0. The van der Waals surface area contributed by atoms with Gasteiger partial charge in [0.15, 0.2) is 0 Å². The molecular formula is C17H22N2O2. The molecule has 2 amide bonds. The second-order valence-corrected chi connectivity index (χ2v) is 6.05. The Morgan fingerprint density at radius 1 is 0.952 bits per heavy atom. The molecule has 1 aromatic carbocycles. The van der Waals surface area contributed by atoms with E-state index >= 15 is 0 Å².